The van der Waals surface area contributed by atoms with E-state index in [2.05, 4.69) is 10.3 Å². The van der Waals surface area contributed by atoms with Crippen molar-refractivity contribution in [2.45, 2.75) is 39.2 Å². The van der Waals surface area contributed by atoms with Gasteiger partial charge >= 0.3 is 0 Å². The second-order valence-electron chi connectivity index (χ2n) is 7.63. The minimum Gasteiger partial charge on any atom is -0.371 e. The van der Waals surface area contributed by atoms with E-state index in [1.54, 1.807) is 6.92 Å². The van der Waals surface area contributed by atoms with Crippen molar-refractivity contribution >= 4 is 46.3 Å². The fourth-order valence-corrected chi connectivity index (χ4v) is 3.71. The van der Waals surface area contributed by atoms with Crippen LogP contribution in [-0.2, 0) is 19.1 Å². The second-order valence-corrected chi connectivity index (χ2v) is 8.00. The van der Waals surface area contributed by atoms with Gasteiger partial charge in [-0.3, -0.25) is 14.4 Å². The van der Waals surface area contributed by atoms with E-state index in [-0.39, 0.29) is 29.0 Å². The number of hydrogen-bond acceptors (Lipinski definition) is 6. The number of anilines is 1. The van der Waals surface area contributed by atoms with E-state index >= 15 is 0 Å². The molecule has 0 bridgehead atoms. The van der Waals surface area contributed by atoms with E-state index in [4.69, 9.17) is 22.1 Å². The van der Waals surface area contributed by atoms with Crippen molar-refractivity contribution in [2.24, 2.45) is 10.7 Å². The molecule has 0 spiro atoms. The number of nitrogens with two attached hydrogens (primary N) is 1. The molecule has 1 saturated heterocycles. The van der Waals surface area contributed by atoms with Gasteiger partial charge in [-0.2, -0.15) is 0 Å². The van der Waals surface area contributed by atoms with Gasteiger partial charge < -0.3 is 20.7 Å². The highest BCUT2D eigenvalue weighted by molar-refractivity contribution is 6.49. The zero-order valence-electron chi connectivity index (χ0n) is 18.2. The lowest BCUT2D eigenvalue weighted by Gasteiger charge is -2.22. The van der Waals surface area contributed by atoms with Crippen LogP contribution < -0.4 is 16.0 Å². The van der Waals surface area contributed by atoms with Gasteiger partial charge in [-0.05, 0) is 62.6 Å². The number of Topliss-reactive ketones (excluding diaryl/α,β-unsaturated/α-hetero) is 1. The fourth-order valence-electron chi connectivity index (χ4n) is 3.51. The summed E-state index contributed by atoms with van der Waals surface area (Å²) in [5.74, 6) is -1.14. The van der Waals surface area contributed by atoms with Gasteiger partial charge in [0.2, 0.25) is 11.7 Å². The van der Waals surface area contributed by atoms with Gasteiger partial charge in [-0.1, -0.05) is 11.6 Å². The highest BCUT2D eigenvalue weighted by Crippen LogP contribution is 2.26. The lowest BCUT2D eigenvalue weighted by molar-refractivity contribution is -0.130. The molecule has 1 aromatic carbocycles. The predicted octanol–water partition coefficient (Wildman–Crippen LogP) is 2.74. The number of hydrogen-bond donors (Lipinski definition) is 2. The average Bonchev–Trinajstić information content (AvgIpc) is 3.32. The van der Waals surface area contributed by atoms with Crippen molar-refractivity contribution < 1.29 is 19.1 Å². The number of nitrogens with zero attached hydrogens (tertiary/aromatic N) is 2. The number of primary amides is 1. The van der Waals surface area contributed by atoms with Crippen molar-refractivity contribution in [3.05, 3.63) is 46.6 Å². The normalized spacial score (nSPS) is 19.8. The van der Waals surface area contributed by atoms with Gasteiger partial charge in [0, 0.05) is 31.8 Å². The number of amides is 2. The Labute approximate surface area is 192 Å². The van der Waals surface area contributed by atoms with E-state index in [1.807, 2.05) is 36.1 Å². The first kappa shape index (κ1) is 23.7. The molecule has 3 rings (SSSR count). The van der Waals surface area contributed by atoms with Crippen LogP contribution in [0.5, 0.6) is 0 Å². The summed E-state index contributed by atoms with van der Waals surface area (Å²) in [7, 11) is 0. The molecular weight excluding hydrogens is 432 g/mol. The number of aliphatic imine (C=N–C) groups is 1. The molecule has 3 N–H and O–H groups in total. The van der Waals surface area contributed by atoms with Crippen LogP contribution in [0.25, 0.3) is 0 Å². The number of carbonyl (C=O) groups is 3. The molecule has 1 aliphatic heterocycles. The highest BCUT2D eigenvalue weighted by atomic mass is 35.5. The number of benzene rings is 1. The molecule has 1 unspecified atom stereocenters. The first-order chi connectivity index (χ1) is 15.3. The van der Waals surface area contributed by atoms with Crippen LogP contribution in [0.1, 0.15) is 33.1 Å². The minimum atomic E-state index is -0.557. The van der Waals surface area contributed by atoms with Crippen molar-refractivity contribution in [1.82, 2.24) is 5.32 Å². The van der Waals surface area contributed by atoms with Crippen molar-refractivity contribution in [3.8, 4) is 0 Å². The van der Waals surface area contributed by atoms with Crippen molar-refractivity contribution in [1.29, 1.82) is 0 Å². The highest BCUT2D eigenvalue weighted by Gasteiger charge is 2.29. The summed E-state index contributed by atoms with van der Waals surface area (Å²) in [4.78, 5) is 42.6. The minimum absolute atomic E-state index is 0.0223. The summed E-state index contributed by atoms with van der Waals surface area (Å²) < 4.78 is 5.38. The van der Waals surface area contributed by atoms with Gasteiger partial charge in [0.1, 0.15) is 6.10 Å². The SMILES string of the molecule is CCN(CCC(N)=O)c1ccc(N=C2C=C(NC(=O)C3CCCO3)C(=O)C(Cl)=C2C)cc1. The molecule has 0 radical (unpaired) electrons. The standard InChI is InChI=1S/C23H27ClN4O4/c1-3-28(11-10-20(25)29)16-8-6-15(7-9-16)26-17-13-18(22(30)21(24)14(17)2)27-23(31)19-5-4-12-32-19/h6-9,13,19H,3-5,10-12H2,1-2H3,(H2,25,29)(H,27,31). The second kappa shape index (κ2) is 10.6. The number of halogens is 1. The topological polar surface area (TPSA) is 114 Å². The summed E-state index contributed by atoms with van der Waals surface area (Å²) in [6, 6.07) is 7.49. The third-order valence-corrected chi connectivity index (χ3v) is 5.85. The molecule has 9 heteroatoms. The Morgan fingerprint density at radius 2 is 2.03 bits per heavy atom. The lowest BCUT2D eigenvalue weighted by Crippen LogP contribution is -2.37. The maximum absolute atomic E-state index is 12.5. The predicted molar refractivity (Wildman–Crippen MR) is 124 cm³/mol. The molecule has 1 fully saturated rings. The van der Waals surface area contributed by atoms with Crippen molar-refractivity contribution in [2.75, 3.05) is 24.6 Å². The van der Waals surface area contributed by atoms with Crippen LogP contribution >= 0.6 is 11.6 Å². The third-order valence-electron chi connectivity index (χ3n) is 5.39. The van der Waals surface area contributed by atoms with Gasteiger partial charge in [-0.15, -0.1) is 0 Å². The summed E-state index contributed by atoms with van der Waals surface area (Å²) >= 11 is 6.24. The number of ether oxygens (including phenoxy) is 1. The van der Waals surface area contributed by atoms with E-state index in [0.717, 1.165) is 18.7 Å². The summed E-state index contributed by atoms with van der Waals surface area (Å²) in [6.45, 7) is 5.52. The van der Waals surface area contributed by atoms with E-state index < -0.39 is 11.9 Å². The monoisotopic (exact) mass is 458 g/mol. The molecule has 1 aromatic rings. The largest absolute Gasteiger partial charge is 0.371 e. The smallest absolute Gasteiger partial charge is 0.253 e. The molecule has 0 aromatic heterocycles. The zero-order valence-corrected chi connectivity index (χ0v) is 18.9. The molecule has 1 heterocycles. The zero-order chi connectivity index (χ0) is 23.3. The van der Waals surface area contributed by atoms with Gasteiger partial charge in [-0.25, -0.2) is 4.99 Å². The molecule has 32 heavy (non-hydrogen) atoms. The molecule has 170 valence electrons. The molecule has 1 aliphatic carbocycles. The van der Waals surface area contributed by atoms with Gasteiger partial charge in [0.15, 0.2) is 0 Å². The first-order valence-corrected chi connectivity index (χ1v) is 11.0. The fraction of sp³-hybridized carbons (Fsp3) is 0.391. The van der Waals surface area contributed by atoms with Gasteiger partial charge in [0.25, 0.3) is 5.91 Å². The maximum atomic E-state index is 12.5. The van der Waals surface area contributed by atoms with E-state index in [9.17, 15) is 14.4 Å². The molecule has 8 nitrogen and oxygen atoms in total. The van der Waals surface area contributed by atoms with Crippen LogP contribution in [0.2, 0.25) is 0 Å². The number of ketones is 1. The average molecular weight is 459 g/mol. The van der Waals surface area contributed by atoms with Crippen LogP contribution in [0, 0.1) is 0 Å². The van der Waals surface area contributed by atoms with Crippen LogP contribution in [0.15, 0.2) is 51.6 Å². The number of allylic oxidation sites excluding steroid dienone is 3. The molecule has 2 aliphatic rings. The van der Waals surface area contributed by atoms with E-state index in [0.29, 0.717) is 36.5 Å². The van der Waals surface area contributed by atoms with Crippen molar-refractivity contribution in [3.63, 3.8) is 0 Å². The van der Waals surface area contributed by atoms with Gasteiger partial charge in [0.05, 0.1) is 22.1 Å². The van der Waals surface area contributed by atoms with Crippen LogP contribution in [-0.4, -0.2) is 49.1 Å². The summed E-state index contributed by atoms with van der Waals surface area (Å²) in [5, 5.41) is 2.66. The maximum Gasteiger partial charge on any atom is 0.253 e. The molecule has 0 saturated carbocycles. The summed E-state index contributed by atoms with van der Waals surface area (Å²) in [5.41, 5.74) is 7.97. The first-order valence-electron chi connectivity index (χ1n) is 10.6. The Morgan fingerprint density at radius 3 is 2.62 bits per heavy atom. The van der Waals surface area contributed by atoms with E-state index in [1.165, 1.54) is 6.08 Å². The number of carbonyl (C=O) groups excluding carboxylic acids is 3. The molecular formula is C23H27ClN4O4. The van der Waals surface area contributed by atoms with Crippen LogP contribution in [0.3, 0.4) is 0 Å². The molecule has 1 atom stereocenters. The Balaban J connectivity index is 1.80. The third kappa shape index (κ3) is 5.63. The lowest BCUT2D eigenvalue weighted by atomic mass is 10.0. The Kier molecular flexibility index (Phi) is 7.82. The quantitative estimate of drug-likeness (QED) is 0.581. The molecule has 2 amide bonds. The number of rotatable bonds is 8. The Morgan fingerprint density at radius 1 is 1.31 bits per heavy atom. The Bertz CT molecular complexity index is 992. The number of nitrogens with one attached hydrogen (secondary N) is 1. The summed E-state index contributed by atoms with van der Waals surface area (Å²) in [6.07, 6.45) is 2.69. The Hall–Kier alpha value is -2.97. The van der Waals surface area contributed by atoms with Crippen LogP contribution in [0.4, 0.5) is 11.4 Å².